The lowest BCUT2D eigenvalue weighted by Gasteiger charge is -2.12. The van der Waals surface area contributed by atoms with Crippen molar-refractivity contribution in [3.8, 4) is 5.75 Å². The number of nitrogens with one attached hydrogen (secondary N) is 2. The molecule has 128 valence electrons. The fourth-order valence-corrected chi connectivity index (χ4v) is 2.65. The predicted octanol–water partition coefficient (Wildman–Crippen LogP) is 3.38. The highest BCUT2D eigenvalue weighted by Gasteiger charge is 2.10. The minimum atomic E-state index is -3.46. The van der Waals surface area contributed by atoms with Crippen LogP contribution in [-0.2, 0) is 14.8 Å². The number of sulfonamides is 1. The van der Waals surface area contributed by atoms with E-state index in [0.29, 0.717) is 21.5 Å². The Bertz CT molecular complexity index is 856. The second-order valence-corrected chi connectivity index (χ2v) is 7.40. The summed E-state index contributed by atoms with van der Waals surface area (Å²) in [6.45, 7) is -0.273. The summed E-state index contributed by atoms with van der Waals surface area (Å²) < 4.78 is 30.3. The molecule has 0 unspecified atom stereocenters. The van der Waals surface area contributed by atoms with Crippen LogP contribution in [0, 0.1) is 0 Å². The summed E-state index contributed by atoms with van der Waals surface area (Å²) in [5.74, 6) is -0.0640. The highest BCUT2D eigenvalue weighted by Crippen LogP contribution is 2.26. The zero-order chi connectivity index (χ0) is 17.7. The largest absolute Gasteiger partial charge is 0.484 e. The molecule has 0 aromatic heterocycles. The van der Waals surface area contributed by atoms with Gasteiger partial charge in [-0.2, -0.15) is 0 Å². The number of benzene rings is 2. The molecular formula is C15H14Cl2N2O4S. The fraction of sp³-hybridized carbons (Fsp3) is 0.133. The van der Waals surface area contributed by atoms with Crippen molar-refractivity contribution in [3.05, 3.63) is 52.5 Å². The van der Waals surface area contributed by atoms with Gasteiger partial charge >= 0.3 is 0 Å². The number of amides is 1. The standard InChI is InChI=1S/C15H14Cl2N2O4S/c1-24(21,22)19-14-5-3-2-4-13(14)18-15(20)9-23-10-6-7-11(16)12(17)8-10/h2-8,19H,9H2,1H3,(H,18,20). The molecule has 6 nitrogen and oxygen atoms in total. The van der Waals surface area contributed by atoms with Crippen molar-refractivity contribution in [1.82, 2.24) is 0 Å². The SMILES string of the molecule is CS(=O)(=O)Nc1ccccc1NC(=O)COc1ccc(Cl)c(Cl)c1. The van der Waals surface area contributed by atoms with Gasteiger partial charge in [-0.1, -0.05) is 35.3 Å². The molecule has 24 heavy (non-hydrogen) atoms. The first-order valence-electron chi connectivity index (χ1n) is 6.69. The number of carbonyl (C=O) groups excluding carboxylic acids is 1. The Morgan fingerprint density at radius 1 is 1.08 bits per heavy atom. The lowest BCUT2D eigenvalue weighted by atomic mass is 10.2. The summed E-state index contributed by atoms with van der Waals surface area (Å²) in [6, 6.07) is 11.1. The average Bonchev–Trinajstić information content (AvgIpc) is 2.49. The molecule has 0 spiro atoms. The van der Waals surface area contributed by atoms with Crippen molar-refractivity contribution < 1.29 is 17.9 Å². The molecule has 1 amide bonds. The molecule has 0 radical (unpaired) electrons. The molecule has 0 atom stereocenters. The summed E-state index contributed by atoms with van der Waals surface area (Å²) in [5.41, 5.74) is 0.591. The minimum absolute atomic E-state index is 0.267. The highest BCUT2D eigenvalue weighted by atomic mass is 35.5. The number of para-hydroxylation sites is 2. The number of halogens is 2. The number of hydrogen-bond acceptors (Lipinski definition) is 4. The lowest BCUT2D eigenvalue weighted by molar-refractivity contribution is -0.118. The van der Waals surface area contributed by atoms with Gasteiger partial charge in [0.15, 0.2) is 6.61 Å². The molecule has 2 rings (SSSR count). The minimum Gasteiger partial charge on any atom is -0.484 e. The van der Waals surface area contributed by atoms with E-state index in [1.807, 2.05) is 0 Å². The fourth-order valence-electron chi connectivity index (χ4n) is 1.78. The third kappa shape index (κ3) is 5.59. The van der Waals surface area contributed by atoms with Crippen LogP contribution in [0.5, 0.6) is 5.75 Å². The Morgan fingerprint density at radius 3 is 2.38 bits per heavy atom. The van der Waals surface area contributed by atoms with Crippen LogP contribution < -0.4 is 14.8 Å². The maximum atomic E-state index is 12.0. The molecule has 0 fully saturated rings. The quantitative estimate of drug-likeness (QED) is 0.793. The molecule has 0 bridgehead atoms. The summed E-state index contributed by atoms with van der Waals surface area (Å²) in [4.78, 5) is 12.0. The zero-order valence-corrected chi connectivity index (χ0v) is 14.9. The third-order valence-electron chi connectivity index (χ3n) is 2.76. The van der Waals surface area contributed by atoms with Gasteiger partial charge in [0.25, 0.3) is 5.91 Å². The first-order chi connectivity index (χ1) is 11.2. The topological polar surface area (TPSA) is 84.5 Å². The van der Waals surface area contributed by atoms with Crippen LogP contribution in [0.15, 0.2) is 42.5 Å². The van der Waals surface area contributed by atoms with Gasteiger partial charge < -0.3 is 10.1 Å². The normalized spacial score (nSPS) is 11.0. The van der Waals surface area contributed by atoms with E-state index in [9.17, 15) is 13.2 Å². The Hall–Kier alpha value is -1.96. The molecule has 2 aromatic carbocycles. The van der Waals surface area contributed by atoms with Crippen LogP contribution in [0.2, 0.25) is 10.0 Å². The van der Waals surface area contributed by atoms with Crippen molar-refractivity contribution in [2.75, 3.05) is 22.9 Å². The second-order valence-electron chi connectivity index (χ2n) is 4.83. The van der Waals surface area contributed by atoms with E-state index >= 15 is 0 Å². The molecule has 2 aromatic rings. The molecule has 0 aliphatic rings. The van der Waals surface area contributed by atoms with E-state index in [2.05, 4.69) is 10.0 Å². The Labute approximate surface area is 149 Å². The molecule has 0 saturated carbocycles. The van der Waals surface area contributed by atoms with Crippen LogP contribution in [-0.4, -0.2) is 27.2 Å². The second kappa shape index (κ2) is 7.74. The highest BCUT2D eigenvalue weighted by molar-refractivity contribution is 7.92. The molecule has 0 saturated heterocycles. The molecule has 2 N–H and O–H groups in total. The van der Waals surface area contributed by atoms with Gasteiger partial charge in [-0.25, -0.2) is 8.42 Å². The van der Waals surface area contributed by atoms with Gasteiger partial charge in [0.1, 0.15) is 5.75 Å². The summed E-state index contributed by atoms with van der Waals surface area (Å²) in [5, 5.41) is 3.28. The van der Waals surface area contributed by atoms with Gasteiger partial charge in [-0.15, -0.1) is 0 Å². The van der Waals surface area contributed by atoms with E-state index in [4.69, 9.17) is 27.9 Å². The first-order valence-corrected chi connectivity index (χ1v) is 9.34. The summed E-state index contributed by atoms with van der Waals surface area (Å²) >= 11 is 11.7. The average molecular weight is 389 g/mol. The number of ether oxygens (including phenoxy) is 1. The maximum absolute atomic E-state index is 12.0. The van der Waals surface area contributed by atoms with Crippen LogP contribution in [0.25, 0.3) is 0 Å². The number of rotatable bonds is 6. The Morgan fingerprint density at radius 2 is 1.75 bits per heavy atom. The Kier molecular flexibility index (Phi) is 5.93. The van der Waals surface area contributed by atoms with E-state index in [-0.39, 0.29) is 12.3 Å². The van der Waals surface area contributed by atoms with Gasteiger partial charge in [0.05, 0.1) is 27.7 Å². The van der Waals surface area contributed by atoms with Crippen molar-refractivity contribution in [3.63, 3.8) is 0 Å². The zero-order valence-electron chi connectivity index (χ0n) is 12.5. The number of carbonyl (C=O) groups is 1. The van der Waals surface area contributed by atoms with Gasteiger partial charge in [-0.3, -0.25) is 9.52 Å². The van der Waals surface area contributed by atoms with Crippen LogP contribution in [0.1, 0.15) is 0 Å². The molecular weight excluding hydrogens is 375 g/mol. The van der Waals surface area contributed by atoms with E-state index < -0.39 is 15.9 Å². The third-order valence-corrected chi connectivity index (χ3v) is 4.09. The van der Waals surface area contributed by atoms with Crippen molar-refractivity contribution in [2.24, 2.45) is 0 Å². The van der Waals surface area contributed by atoms with Gasteiger partial charge in [0, 0.05) is 6.07 Å². The van der Waals surface area contributed by atoms with Crippen molar-refractivity contribution >= 4 is 50.5 Å². The van der Waals surface area contributed by atoms with Crippen LogP contribution in [0.3, 0.4) is 0 Å². The van der Waals surface area contributed by atoms with E-state index in [1.54, 1.807) is 30.3 Å². The van der Waals surface area contributed by atoms with Gasteiger partial charge in [-0.05, 0) is 24.3 Å². The summed E-state index contributed by atoms with van der Waals surface area (Å²) in [6.07, 6.45) is 1.03. The Balaban J connectivity index is 2.01. The monoisotopic (exact) mass is 388 g/mol. The predicted molar refractivity (Wildman–Crippen MR) is 95.5 cm³/mol. The maximum Gasteiger partial charge on any atom is 0.262 e. The smallest absolute Gasteiger partial charge is 0.262 e. The van der Waals surface area contributed by atoms with Crippen LogP contribution >= 0.6 is 23.2 Å². The van der Waals surface area contributed by atoms with Crippen molar-refractivity contribution in [2.45, 2.75) is 0 Å². The first kappa shape index (κ1) is 18.4. The van der Waals surface area contributed by atoms with Gasteiger partial charge in [0.2, 0.25) is 10.0 Å². The van der Waals surface area contributed by atoms with Crippen molar-refractivity contribution in [1.29, 1.82) is 0 Å². The molecule has 9 heteroatoms. The number of hydrogen-bond donors (Lipinski definition) is 2. The van der Waals surface area contributed by atoms with E-state index in [0.717, 1.165) is 6.26 Å². The molecule has 0 heterocycles. The number of anilines is 2. The molecule has 0 aliphatic heterocycles. The molecule has 0 aliphatic carbocycles. The lowest BCUT2D eigenvalue weighted by Crippen LogP contribution is -2.21. The summed E-state index contributed by atoms with van der Waals surface area (Å²) in [7, 11) is -3.46. The van der Waals surface area contributed by atoms with E-state index in [1.165, 1.54) is 12.1 Å². The van der Waals surface area contributed by atoms with Crippen LogP contribution in [0.4, 0.5) is 11.4 Å².